The van der Waals surface area contributed by atoms with Gasteiger partial charge in [-0.15, -0.1) is 0 Å². The number of carbonyl (C=O) groups is 1. The van der Waals surface area contributed by atoms with E-state index in [1.165, 1.54) is 12.3 Å². The predicted octanol–water partition coefficient (Wildman–Crippen LogP) is 2.34. The Hall–Kier alpha value is -2.93. The number of carbonyl (C=O) groups excluding carboxylic acids is 1. The summed E-state index contributed by atoms with van der Waals surface area (Å²) in [5.74, 6) is 1.59. The van der Waals surface area contributed by atoms with Gasteiger partial charge in [0, 0.05) is 31.3 Å². The lowest BCUT2D eigenvalue weighted by Crippen LogP contribution is -2.12. The number of imidazole rings is 1. The Labute approximate surface area is 143 Å². The fourth-order valence-electron chi connectivity index (χ4n) is 2.17. The quantitative estimate of drug-likeness (QED) is 0.741. The summed E-state index contributed by atoms with van der Waals surface area (Å²) in [6, 6.07) is 5.36. The molecule has 0 saturated heterocycles. The van der Waals surface area contributed by atoms with Crippen LogP contribution in [0.5, 0.6) is 0 Å². The number of hydrogen-bond donors (Lipinski definition) is 2. The van der Waals surface area contributed by atoms with Crippen molar-refractivity contribution in [2.45, 2.75) is 13.5 Å². The maximum absolute atomic E-state index is 11.1. The minimum atomic E-state index is -0.564. The molecule has 0 saturated carbocycles. The second-order valence-corrected chi connectivity index (χ2v) is 5.55. The summed E-state index contributed by atoms with van der Waals surface area (Å²) in [5.41, 5.74) is 6.43. The minimum Gasteiger partial charge on any atom is -0.366 e. The molecule has 0 bridgehead atoms. The van der Waals surface area contributed by atoms with Gasteiger partial charge in [0.25, 0.3) is 0 Å². The predicted molar refractivity (Wildman–Crippen MR) is 91.2 cm³/mol. The van der Waals surface area contributed by atoms with Crippen LogP contribution in [0.4, 0.5) is 5.82 Å². The van der Waals surface area contributed by atoms with Gasteiger partial charge in [0.2, 0.25) is 5.91 Å². The van der Waals surface area contributed by atoms with E-state index in [9.17, 15) is 4.79 Å². The molecule has 0 aliphatic rings. The third-order valence-electron chi connectivity index (χ3n) is 3.47. The molecule has 7 nitrogen and oxygen atoms in total. The van der Waals surface area contributed by atoms with Crippen molar-refractivity contribution in [3.63, 3.8) is 0 Å². The minimum absolute atomic E-state index is 0.271. The van der Waals surface area contributed by atoms with Gasteiger partial charge >= 0.3 is 0 Å². The highest BCUT2D eigenvalue weighted by molar-refractivity contribution is 6.33. The van der Waals surface area contributed by atoms with E-state index in [1.807, 2.05) is 29.8 Å². The van der Waals surface area contributed by atoms with Crippen molar-refractivity contribution in [1.29, 1.82) is 0 Å². The Morgan fingerprint density at radius 1 is 1.29 bits per heavy atom. The molecule has 24 heavy (non-hydrogen) atoms. The van der Waals surface area contributed by atoms with Crippen molar-refractivity contribution >= 4 is 23.3 Å². The molecule has 122 valence electrons. The number of nitrogens with zero attached hydrogens (tertiary/aromatic N) is 4. The average Bonchev–Trinajstić information content (AvgIpc) is 3.00. The van der Waals surface area contributed by atoms with Gasteiger partial charge in [0.05, 0.1) is 10.6 Å². The van der Waals surface area contributed by atoms with Crippen LogP contribution < -0.4 is 11.1 Å². The molecule has 3 rings (SSSR count). The van der Waals surface area contributed by atoms with Gasteiger partial charge in [0.1, 0.15) is 17.5 Å². The molecule has 0 spiro atoms. The van der Waals surface area contributed by atoms with Crippen LogP contribution in [0.2, 0.25) is 5.02 Å². The molecular weight excluding hydrogens is 328 g/mol. The number of nitrogens with two attached hydrogens (primary N) is 1. The van der Waals surface area contributed by atoms with Crippen LogP contribution in [0.3, 0.4) is 0 Å². The fourth-order valence-corrected chi connectivity index (χ4v) is 2.41. The summed E-state index contributed by atoms with van der Waals surface area (Å²) in [6.07, 6.45) is 6.75. The number of pyridine rings is 2. The Morgan fingerprint density at radius 3 is 2.71 bits per heavy atom. The van der Waals surface area contributed by atoms with E-state index in [1.54, 1.807) is 12.4 Å². The zero-order chi connectivity index (χ0) is 17.1. The summed E-state index contributed by atoms with van der Waals surface area (Å²) in [7, 11) is 0. The number of aryl methyl sites for hydroxylation is 1. The fraction of sp³-hybridized carbons (Fsp3) is 0.125. The van der Waals surface area contributed by atoms with Gasteiger partial charge in [-0.25, -0.2) is 15.0 Å². The van der Waals surface area contributed by atoms with Crippen LogP contribution in [-0.4, -0.2) is 25.4 Å². The highest BCUT2D eigenvalue weighted by atomic mass is 35.5. The highest BCUT2D eigenvalue weighted by Gasteiger charge is 2.07. The summed E-state index contributed by atoms with van der Waals surface area (Å²) >= 11 is 6.09. The molecule has 3 aromatic heterocycles. The van der Waals surface area contributed by atoms with Crippen molar-refractivity contribution in [1.82, 2.24) is 19.5 Å². The third-order valence-corrected chi connectivity index (χ3v) is 3.76. The number of rotatable bonds is 5. The van der Waals surface area contributed by atoms with Gasteiger partial charge in [-0.2, -0.15) is 0 Å². The zero-order valence-corrected chi connectivity index (χ0v) is 13.7. The van der Waals surface area contributed by atoms with Crippen LogP contribution in [0.25, 0.3) is 5.82 Å². The highest BCUT2D eigenvalue weighted by Crippen LogP contribution is 2.20. The van der Waals surface area contributed by atoms with E-state index in [4.69, 9.17) is 17.3 Å². The normalized spacial score (nSPS) is 10.6. The number of halogens is 1. The number of amides is 1. The Kier molecular flexibility index (Phi) is 4.43. The molecule has 3 aromatic rings. The first-order valence-corrected chi connectivity index (χ1v) is 7.57. The van der Waals surface area contributed by atoms with E-state index in [0.29, 0.717) is 17.4 Å². The summed E-state index contributed by atoms with van der Waals surface area (Å²) < 4.78 is 1.90. The largest absolute Gasteiger partial charge is 0.366 e. The van der Waals surface area contributed by atoms with Crippen molar-refractivity contribution in [3.8, 4) is 5.82 Å². The molecule has 0 radical (unpaired) electrons. The molecule has 0 fully saturated rings. The van der Waals surface area contributed by atoms with E-state index >= 15 is 0 Å². The molecule has 3 heterocycles. The first kappa shape index (κ1) is 15.9. The van der Waals surface area contributed by atoms with Crippen LogP contribution in [-0.2, 0) is 6.54 Å². The number of hydrogen-bond acceptors (Lipinski definition) is 5. The monoisotopic (exact) mass is 342 g/mol. The van der Waals surface area contributed by atoms with E-state index in [2.05, 4.69) is 20.3 Å². The van der Waals surface area contributed by atoms with Gasteiger partial charge in [-0.05, 0) is 24.6 Å². The van der Waals surface area contributed by atoms with Crippen molar-refractivity contribution in [2.75, 3.05) is 5.32 Å². The number of anilines is 1. The Morgan fingerprint density at radius 2 is 2.12 bits per heavy atom. The van der Waals surface area contributed by atoms with E-state index in [0.717, 1.165) is 17.2 Å². The summed E-state index contributed by atoms with van der Waals surface area (Å²) in [6.45, 7) is 2.42. The second kappa shape index (κ2) is 6.67. The SMILES string of the molecule is Cc1nccn1-c1ccc(CNc2ncc(C(N)=O)cc2Cl)cn1. The molecule has 8 heteroatoms. The Bertz CT molecular complexity index is 875. The zero-order valence-electron chi connectivity index (χ0n) is 12.9. The van der Waals surface area contributed by atoms with Crippen molar-refractivity contribution < 1.29 is 4.79 Å². The maximum atomic E-state index is 11.1. The number of primary amides is 1. The average molecular weight is 343 g/mol. The first-order chi connectivity index (χ1) is 11.5. The van der Waals surface area contributed by atoms with Crippen molar-refractivity contribution in [3.05, 3.63) is 65.0 Å². The van der Waals surface area contributed by atoms with Crippen LogP contribution in [0.15, 0.2) is 43.0 Å². The topological polar surface area (TPSA) is 98.7 Å². The molecule has 0 unspecified atom stereocenters. The van der Waals surface area contributed by atoms with Gasteiger partial charge in [-0.1, -0.05) is 17.7 Å². The lowest BCUT2D eigenvalue weighted by Gasteiger charge is -2.09. The number of nitrogens with one attached hydrogen (secondary N) is 1. The third kappa shape index (κ3) is 3.36. The molecule has 0 atom stereocenters. The molecule has 0 aromatic carbocycles. The summed E-state index contributed by atoms with van der Waals surface area (Å²) in [5, 5.41) is 3.44. The number of aromatic nitrogens is 4. The van der Waals surface area contributed by atoms with Crippen LogP contribution in [0.1, 0.15) is 21.7 Å². The van der Waals surface area contributed by atoms with Crippen LogP contribution >= 0.6 is 11.6 Å². The maximum Gasteiger partial charge on any atom is 0.250 e. The van der Waals surface area contributed by atoms with Crippen LogP contribution in [0, 0.1) is 6.92 Å². The smallest absolute Gasteiger partial charge is 0.250 e. The molecule has 3 N–H and O–H groups in total. The molecule has 0 aliphatic heterocycles. The molecule has 1 amide bonds. The Balaban J connectivity index is 1.69. The first-order valence-electron chi connectivity index (χ1n) is 7.19. The second-order valence-electron chi connectivity index (χ2n) is 5.14. The van der Waals surface area contributed by atoms with Crippen molar-refractivity contribution in [2.24, 2.45) is 5.73 Å². The molecular formula is C16H15ClN6O. The lowest BCUT2D eigenvalue weighted by molar-refractivity contribution is 0.1000. The standard InChI is InChI=1S/C16H15ClN6O/c1-10-19-4-5-23(10)14-3-2-11(7-20-14)8-21-16-13(17)6-12(9-22-16)15(18)24/h2-7,9H,8H2,1H3,(H2,18,24)(H,21,22). The van der Waals surface area contributed by atoms with E-state index in [-0.39, 0.29) is 5.56 Å². The van der Waals surface area contributed by atoms with Gasteiger partial charge < -0.3 is 11.1 Å². The van der Waals surface area contributed by atoms with Gasteiger partial charge in [0.15, 0.2) is 0 Å². The summed E-state index contributed by atoms with van der Waals surface area (Å²) in [4.78, 5) is 23.8. The van der Waals surface area contributed by atoms with E-state index < -0.39 is 5.91 Å². The lowest BCUT2D eigenvalue weighted by atomic mass is 10.2. The van der Waals surface area contributed by atoms with Gasteiger partial charge in [-0.3, -0.25) is 9.36 Å². The molecule has 0 aliphatic carbocycles.